The maximum absolute atomic E-state index is 13.1. The molecule has 0 aromatic heterocycles. The topological polar surface area (TPSA) is 237 Å². The zero-order chi connectivity index (χ0) is 72.8. The van der Waals surface area contributed by atoms with E-state index in [0.717, 1.165) is 102 Å². The summed E-state index contributed by atoms with van der Waals surface area (Å²) in [6, 6.07) is 0. The maximum Gasteiger partial charge on any atom is 0.472 e. The number of carbonyl (C=O) groups is 4. The Labute approximate surface area is 607 Å². The number of rotatable bonds is 79. The highest BCUT2D eigenvalue weighted by atomic mass is 31.2. The number of aliphatic hydroxyl groups excluding tert-OH is 1. The van der Waals surface area contributed by atoms with Gasteiger partial charge in [0, 0.05) is 25.7 Å². The van der Waals surface area contributed by atoms with Gasteiger partial charge in [0.25, 0.3) is 0 Å². The Morgan fingerprint density at radius 3 is 0.768 bits per heavy atom. The summed E-state index contributed by atoms with van der Waals surface area (Å²) in [6.45, 7) is 9.64. The molecule has 0 fully saturated rings. The van der Waals surface area contributed by atoms with Crippen molar-refractivity contribution in [1.82, 2.24) is 0 Å². The van der Waals surface area contributed by atoms with E-state index in [1.165, 1.54) is 238 Å². The van der Waals surface area contributed by atoms with Gasteiger partial charge in [0.05, 0.1) is 26.4 Å². The van der Waals surface area contributed by atoms with Gasteiger partial charge < -0.3 is 33.8 Å². The van der Waals surface area contributed by atoms with Gasteiger partial charge in [-0.15, -0.1) is 0 Å². The van der Waals surface area contributed by atoms with Crippen molar-refractivity contribution >= 4 is 39.5 Å². The number of esters is 4. The molecule has 0 saturated heterocycles. The summed E-state index contributed by atoms with van der Waals surface area (Å²) in [5.74, 6) is -0.549. The third-order valence-electron chi connectivity index (χ3n) is 19.1. The van der Waals surface area contributed by atoms with Crippen LogP contribution in [0, 0.1) is 11.8 Å². The minimum atomic E-state index is -4.96. The Kier molecular flexibility index (Phi) is 70.3. The number of carbonyl (C=O) groups excluding carboxylic acids is 4. The lowest BCUT2D eigenvalue weighted by atomic mass is 9.99. The van der Waals surface area contributed by atoms with E-state index < -0.39 is 97.5 Å². The molecule has 0 aliphatic heterocycles. The fourth-order valence-corrected chi connectivity index (χ4v) is 13.9. The predicted molar refractivity (Wildman–Crippen MR) is 405 cm³/mol. The second-order valence-electron chi connectivity index (χ2n) is 29.5. The van der Waals surface area contributed by atoms with Gasteiger partial charge in [0.15, 0.2) is 12.2 Å². The highest BCUT2D eigenvalue weighted by Gasteiger charge is 2.30. The standard InChI is InChI=1S/C80H156O17P2/c1-7-10-12-14-16-18-20-22-23-24-25-26-27-30-35-39-46-52-58-64-79(84)96-75(68-90-78(83)63-57-51-45-38-34-31-28-29-32-36-42-48-54-60-72(4)5)70-94-98(86,87)92-66-74(81)67-93-99(88,89)95-71-76(97-80(85)65-59-53-47-41-40-43-49-55-61-73(6)9-3)69-91-77(82)62-56-50-44-37-33-21-19-17-15-13-11-8-2/h72-76,81H,7-71H2,1-6H3,(H,86,87)(H,88,89)/t73?,74-,75-,76-/m1/s1. The second kappa shape index (κ2) is 71.7. The Balaban J connectivity index is 5.25. The number of unbranched alkanes of at least 4 members (excludes halogenated alkanes) is 48. The van der Waals surface area contributed by atoms with E-state index in [-0.39, 0.29) is 25.7 Å². The van der Waals surface area contributed by atoms with E-state index in [2.05, 4.69) is 41.5 Å². The smallest absolute Gasteiger partial charge is 0.462 e. The van der Waals surface area contributed by atoms with Gasteiger partial charge >= 0.3 is 39.5 Å². The summed E-state index contributed by atoms with van der Waals surface area (Å²) < 4.78 is 68.7. The molecule has 0 spiro atoms. The Morgan fingerprint density at radius 1 is 0.293 bits per heavy atom. The van der Waals surface area contributed by atoms with Crippen LogP contribution in [-0.2, 0) is 65.4 Å². The molecule has 17 nitrogen and oxygen atoms in total. The average molecular weight is 1450 g/mol. The highest BCUT2D eigenvalue weighted by molar-refractivity contribution is 7.47. The molecule has 6 atom stereocenters. The summed E-state index contributed by atoms with van der Waals surface area (Å²) in [4.78, 5) is 73.0. The number of phosphoric acid groups is 2. The fourth-order valence-electron chi connectivity index (χ4n) is 12.3. The maximum atomic E-state index is 13.1. The van der Waals surface area contributed by atoms with Crippen molar-refractivity contribution in [3.8, 4) is 0 Å². The molecular formula is C80H156O17P2. The Bertz CT molecular complexity index is 1910. The Hall–Kier alpha value is -1.94. The summed E-state index contributed by atoms with van der Waals surface area (Å²) in [5.41, 5.74) is 0. The lowest BCUT2D eigenvalue weighted by molar-refractivity contribution is -0.161. The molecule has 588 valence electrons. The van der Waals surface area contributed by atoms with Gasteiger partial charge in [0.2, 0.25) is 0 Å². The van der Waals surface area contributed by atoms with Crippen molar-refractivity contribution in [2.45, 2.75) is 439 Å². The van der Waals surface area contributed by atoms with Crippen LogP contribution < -0.4 is 0 Å². The van der Waals surface area contributed by atoms with Crippen molar-refractivity contribution in [2.24, 2.45) is 11.8 Å². The van der Waals surface area contributed by atoms with E-state index in [1.807, 2.05) is 0 Å². The molecule has 99 heavy (non-hydrogen) atoms. The first-order valence-electron chi connectivity index (χ1n) is 41.5. The van der Waals surface area contributed by atoms with E-state index in [9.17, 15) is 43.2 Å². The van der Waals surface area contributed by atoms with E-state index >= 15 is 0 Å². The molecule has 0 aromatic carbocycles. The molecule has 0 radical (unpaired) electrons. The largest absolute Gasteiger partial charge is 0.472 e. The van der Waals surface area contributed by atoms with E-state index in [1.54, 1.807) is 0 Å². The molecular weight excluding hydrogens is 1290 g/mol. The van der Waals surface area contributed by atoms with Gasteiger partial charge in [-0.1, -0.05) is 369 Å². The van der Waals surface area contributed by atoms with Crippen molar-refractivity contribution in [1.29, 1.82) is 0 Å². The summed E-state index contributed by atoms with van der Waals surface area (Å²) >= 11 is 0. The molecule has 0 aliphatic rings. The van der Waals surface area contributed by atoms with Crippen molar-refractivity contribution < 1.29 is 80.2 Å². The minimum absolute atomic E-state index is 0.106. The first-order valence-corrected chi connectivity index (χ1v) is 44.5. The van der Waals surface area contributed by atoms with Crippen molar-refractivity contribution in [3.05, 3.63) is 0 Å². The fraction of sp³-hybridized carbons (Fsp3) is 0.950. The van der Waals surface area contributed by atoms with Crippen molar-refractivity contribution in [3.63, 3.8) is 0 Å². The Morgan fingerprint density at radius 2 is 0.515 bits per heavy atom. The third-order valence-corrected chi connectivity index (χ3v) is 21.0. The summed E-state index contributed by atoms with van der Waals surface area (Å²) in [7, 11) is -9.92. The van der Waals surface area contributed by atoms with Gasteiger partial charge in [-0.05, 0) is 37.5 Å². The first kappa shape index (κ1) is 97.1. The van der Waals surface area contributed by atoms with Gasteiger partial charge in [0.1, 0.15) is 19.3 Å². The SMILES string of the molecule is CCCCCCCCCCCCCCCCCCCCCC(=O)O[C@H](COC(=O)CCCCCCCCCCCCCCCC(C)C)COP(=O)(O)OC[C@@H](O)COP(=O)(O)OC[C@@H](COC(=O)CCCCCCCCCCCCCC)OC(=O)CCCCCCCCCCC(C)CC. The number of ether oxygens (including phenoxy) is 4. The van der Waals surface area contributed by atoms with Gasteiger partial charge in [-0.3, -0.25) is 37.3 Å². The molecule has 0 aromatic rings. The zero-order valence-corrected chi connectivity index (χ0v) is 66.6. The second-order valence-corrected chi connectivity index (χ2v) is 32.4. The van der Waals surface area contributed by atoms with E-state index in [4.69, 9.17) is 37.0 Å². The molecule has 3 unspecified atom stereocenters. The molecule has 3 N–H and O–H groups in total. The minimum Gasteiger partial charge on any atom is -0.462 e. The lowest BCUT2D eigenvalue weighted by Crippen LogP contribution is -2.30. The molecule has 0 rings (SSSR count). The van der Waals surface area contributed by atoms with Crippen LogP contribution in [0.1, 0.15) is 420 Å². The molecule has 0 heterocycles. The monoisotopic (exact) mass is 1450 g/mol. The van der Waals surface area contributed by atoms with Crippen LogP contribution >= 0.6 is 15.6 Å². The summed E-state index contributed by atoms with van der Waals surface area (Å²) in [5, 5.41) is 10.6. The normalized spacial score (nSPS) is 14.2. The molecule has 0 amide bonds. The third kappa shape index (κ3) is 72.8. The van der Waals surface area contributed by atoms with E-state index in [0.29, 0.717) is 25.7 Å². The van der Waals surface area contributed by atoms with Crippen LogP contribution in [-0.4, -0.2) is 96.7 Å². The molecule has 0 saturated carbocycles. The highest BCUT2D eigenvalue weighted by Crippen LogP contribution is 2.45. The molecule has 0 aliphatic carbocycles. The first-order chi connectivity index (χ1) is 47.9. The average Bonchev–Trinajstić information content (AvgIpc) is 1.21. The van der Waals surface area contributed by atoms with Crippen LogP contribution in [0.5, 0.6) is 0 Å². The number of aliphatic hydroxyl groups is 1. The van der Waals surface area contributed by atoms with Crippen LogP contribution in [0.25, 0.3) is 0 Å². The summed E-state index contributed by atoms with van der Waals surface area (Å²) in [6.07, 6.45) is 60.9. The number of phosphoric ester groups is 2. The van der Waals surface area contributed by atoms with Gasteiger partial charge in [-0.25, -0.2) is 9.13 Å². The predicted octanol–water partition coefficient (Wildman–Crippen LogP) is 23.9. The number of hydrogen-bond donors (Lipinski definition) is 3. The quantitative estimate of drug-likeness (QED) is 0.0222. The zero-order valence-electron chi connectivity index (χ0n) is 64.8. The van der Waals surface area contributed by atoms with Crippen LogP contribution in [0.4, 0.5) is 0 Å². The van der Waals surface area contributed by atoms with Crippen LogP contribution in [0.2, 0.25) is 0 Å². The van der Waals surface area contributed by atoms with Crippen LogP contribution in [0.15, 0.2) is 0 Å². The lowest BCUT2D eigenvalue weighted by Gasteiger charge is -2.21. The van der Waals surface area contributed by atoms with Crippen LogP contribution in [0.3, 0.4) is 0 Å². The van der Waals surface area contributed by atoms with Gasteiger partial charge in [-0.2, -0.15) is 0 Å². The number of hydrogen-bond acceptors (Lipinski definition) is 15. The molecule has 0 bridgehead atoms. The molecule has 19 heteroatoms. The van der Waals surface area contributed by atoms with Crippen molar-refractivity contribution in [2.75, 3.05) is 39.6 Å².